The van der Waals surface area contributed by atoms with Gasteiger partial charge in [-0.3, -0.25) is 4.79 Å². The number of carbonyl (C=O) groups excluding carboxylic acids is 1. The Morgan fingerprint density at radius 1 is 1.50 bits per heavy atom. The first-order valence-corrected chi connectivity index (χ1v) is 6.10. The average molecular weight is 233 g/mol. The number of thiazole rings is 1. The van der Waals surface area contributed by atoms with Crippen LogP contribution in [0.25, 0.3) is 10.2 Å². The molecule has 1 fully saturated rings. The van der Waals surface area contributed by atoms with Crippen molar-refractivity contribution in [1.29, 1.82) is 0 Å². The second kappa shape index (κ2) is 3.56. The van der Waals surface area contributed by atoms with Crippen LogP contribution in [0.2, 0.25) is 0 Å². The molecule has 0 aliphatic carbocycles. The fourth-order valence-corrected chi connectivity index (χ4v) is 3.02. The van der Waals surface area contributed by atoms with E-state index in [0.717, 1.165) is 21.6 Å². The molecule has 0 bridgehead atoms. The Hall–Kier alpha value is -1.42. The molecule has 82 valence electrons. The molecule has 3 rings (SSSR count). The van der Waals surface area contributed by atoms with Crippen LogP contribution in [0.15, 0.2) is 18.2 Å². The molecule has 1 unspecified atom stereocenters. The lowest BCUT2D eigenvalue weighted by atomic mass is 10.2. The van der Waals surface area contributed by atoms with Crippen molar-refractivity contribution in [3.8, 4) is 0 Å². The van der Waals surface area contributed by atoms with Crippen molar-refractivity contribution >= 4 is 27.5 Å². The first-order valence-electron chi connectivity index (χ1n) is 5.29. The maximum absolute atomic E-state index is 11.1. The van der Waals surface area contributed by atoms with Crippen LogP contribution >= 0.6 is 11.3 Å². The zero-order valence-electron chi connectivity index (χ0n) is 8.90. The molecule has 1 aromatic carbocycles. The highest BCUT2D eigenvalue weighted by Crippen LogP contribution is 2.34. The molecule has 1 atom stereocenters. The summed E-state index contributed by atoms with van der Waals surface area (Å²) in [5.41, 5.74) is 2.22. The molecule has 2 heterocycles. The van der Waals surface area contributed by atoms with Crippen LogP contribution < -0.4 is 0 Å². The van der Waals surface area contributed by atoms with Crippen molar-refractivity contribution in [2.24, 2.45) is 0 Å². The number of nitrogens with zero attached hydrogens (tertiary/aromatic N) is 1. The van der Waals surface area contributed by atoms with E-state index < -0.39 is 0 Å². The van der Waals surface area contributed by atoms with Crippen LogP contribution in [0.3, 0.4) is 0 Å². The predicted octanol–water partition coefficient (Wildman–Crippen LogP) is 2.98. The highest BCUT2D eigenvalue weighted by molar-refractivity contribution is 7.18. The third-order valence-electron chi connectivity index (χ3n) is 2.72. The van der Waals surface area contributed by atoms with Crippen LogP contribution in [-0.4, -0.2) is 11.0 Å². The molecule has 0 N–H and O–H groups in total. The zero-order chi connectivity index (χ0) is 11.1. The van der Waals surface area contributed by atoms with E-state index in [4.69, 9.17) is 4.74 Å². The highest BCUT2D eigenvalue weighted by atomic mass is 32.1. The molecule has 0 saturated carbocycles. The van der Waals surface area contributed by atoms with Crippen molar-refractivity contribution in [3.05, 3.63) is 28.8 Å². The van der Waals surface area contributed by atoms with E-state index in [9.17, 15) is 4.79 Å². The molecule has 1 aliphatic rings. The van der Waals surface area contributed by atoms with Crippen LogP contribution in [0.5, 0.6) is 0 Å². The lowest BCUT2D eigenvalue weighted by molar-refractivity contribution is -0.141. The number of aromatic nitrogens is 1. The monoisotopic (exact) mass is 233 g/mol. The Morgan fingerprint density at radius 3 is 3.12 bits per heavy atom. The van der Waals surface area contributed by atoms with Crippen LogP contribution in [0, 0.1) is 6.92 Å². The molecule has 1 aliphatic heterocycles. The van der Waals surface area contributed by atoms with Gasteiger partial charge in [-0.2, -0.15) is 0 Å². The SMILES string of the molecule is Cc1ccc2nc(C3CCC(=O)O3)sc2c1. The number of rotatable bonds is 1. The lowest BCUT2D eigenvalue weighted by Gasteiger charge is -2.02. The van der Waals surface area contributed by atoms with Crippen molar-refractivity contribution < 1.29 is 9.53 Å². The highest BCUT2D eigenvalue weighted by Gasteiger charge is 2.27. The minimum absolute atomic E-state index is 0.111. The van der Waals surface area contributed by atoms with E-state index in [2.05, 4.69) is 18.0 Å². The van der Waals surface area contributed by atoms with Gasteiger partial charge >= 0.3 is 5.97 Å². The minimum atomic E-state index is -0.120. The van der Waals surface area contributed by atoms with Gasteiger partial charge < -0.3 is 4.74 Å². The van der Waals surface area contributed by atoms with E-state index in [1.54, 1.807) is 11.3 Å². The number of hydrogen-bond donors (Lipinski definition) is 0. The summed E-state index contributed by atoms with van der Waals surface area (Å²) in [4.78, 5) is 15.6. The fourth-order valence-electron chi connectivity index (χ4n) is 1.89. The van der Waals surface area contributed by atoms with Gasteiger partial charge in [0.05, 0.1) is 10.2 Å². The Morgan fingerprint density at radius 2 is 2.38 bits per heavy atom. The predicted molar refractivity (Wildman–Crippen MR) is 62.4 cm³/mol. The largest absolute Gasteiger partial charge is 0.455 e. The van der Waals surface area contributed by atoms with Gasteiger partial charge in [0.1, 0.15) is 5.01 Å². The molecule has 2 aromatic rings. The van der Waals surface area contributed by atoms with Gasteiger partial charge in [0.15, 0.2) is 6.10 Å². The quantitative estimate of drug-likeness (QED) is 0.711. The molecular formula is C12H11NO2S. The number of aryl methyl sites for hydroxylation is 1. The smallest absolute Gasteiger partial charge is 0.306 e. The van der Waals surface area contributed by atoms with E-state index in [1.807, 2.05) is 12.1 Å². The third-order valence-corrected chi connectivity index (χ3v) is 3.83. The first kappa shape index (κ1) is 9.78. The van der Waals surface area contributed by atoms with Crippen molar-refractivity contribution in [1.82, 2.24) is 4.98 Å². The topological polar surface area (TPSA) is 39.2 Å². The van der Waals surface area contributed by atoms with Crippen molar-refractivity contribution in [2.75, 3.05) is 0 Å². The van der Waals surface area contributed by atoms with Gasteiger partial charge in [-0.15, -0.1) is 11.3 Å². The summed E-state index contributed by atoms with van der Waals surface area (Å²) in [6.45, 7) is 2.06. The summed E-state index contributed by atoms with van der Waals surface area (Å²) in [5.74, 6) is -0.111. The molecule has 0 amide bonds. The molecule has 1 saturated heterocycles. The molecule has 1 aromatic heterocycles. The van der Waals surface area contributed by atoms with Gasteiger partial charge in [-0.05, 0) is 24.6 Å². The van der Waals surface area contributed by atoms with Crippen molar-refractivity contribution in [3.63, 3.8) is 0 Å². The Bertz CT molecular complexity index is 561. The number of hydrogen-bond acceptors (Lipinski definition) is 4. The van der Waals surface area contributed by atoms with Crippen LogP contribution in [0.1, 0.15) is 29.5 Å². The van der Waals surface area contributed by atoms with E-state index in [0.29, 0.717) is 6.42 Å². The molecular weight excluding hydrogens is 222 g/mol. The van der Waals surface area contributed by atoms with E-state index in [-0.39, 0.29) is 12.1 Å². The zero-order valence-corrected chi connectivity index (χ0v) is 9.71. The number of cyclic esters (lactones) is 1. The number of esters is 1. The summed E-state index contributed by atoms with van der Waals surface area (Å²) in [6, 6.07) is 6.18. The Balaban J connectivity index is 2.02. The fraction of sp³-hybridized carbons (Fsp3) is 0.333. The molecule has 0 spiro atoms. The van der Waals surface area contributed by atoms with Gasteiger partial charge in [-0.25, -0.2) is 4.98 Å². The molecule has 16 heavy (non-hydrogen) atoms. The maximum Gasteiger partial charge on any atom is 0.306 e. The lowest BCUT2D eigenvalue weighted by Crippen LogP contribution is -1.97. The summed E-state index contributed by atoms with van der Waals surface area (Å²) < 4.78 is 6.38. The molecule has 0 radical (unpaired) electrons. The van der Waals surface area contributed by atoms with E-state index >= 15 is 0 Å². The molecule has 3 nitrogen and oxygen atoms in total. The van der Waals surface area contributed by atoms with Crippen LogP contribution in [0.4, 0.5) is 0 Å². The van der Waals surface area contributed by atoms with Crippen molar-refractivity contribution in [2.45, 2.75) is 25.9 Å². The maximum atomic E-state index is 11.1. The normalized spacial score (nSPS) is 20.3. The van der Waals surface area contributed by atoms with Gasteiger partial charge in [0.2, 0.25) is 0 Å². The third kappa shape index (κ3) is 1.59. The number of ether oxygens (including phenoxy) is 1. The van der Waals surface area contributed by atoms with Crippen LogP contribution in [-0.2, 0) is 9.53 Å². The second-order valence-electron chi connectivity index (χ2n) is 4.04. The summed E-state index contributed by atoms with van der Waals surface area (Å²) in [7, 11) is 0. The number of fused-ring (bicyclic) bond motifs is 1. The minimum Gasteiger partial charge on any atom is -0.455 e. The van der Waals surface area contributed by atoms with E-state index in [1.165, 1.54) is 5.56 Å². The standard InChI is InChI=1S/C12H11NO2S/c1-7-2-3-8-10(6-7)16-12(13-8)9-4-5-11(14)15-9/h2-3,6,9H,4-5H2,1H3. The number of carbonyl (C=O) groups is 1. The average Bonchev–Trinajstić information content (AvgIpc) is 2.83. The Labute approximate surface area is 97.1 Å². The second-order valence-corrected chi connectivity index (χ2v) is 5.10. The Kier molecular flexibility index (Phi) is 2.17. The first-order chi connectivity index (χ1) is 7.72. The molecule has 4 heteroatoms. The summed E-state index contributed by atoms with van der Waals surface area (Å²) >= 11 is 1.62. The number of benzene rings is 1. The summed E-state index contributed by atoms with van der Waals surface area (Å²) in [5, 5.41) is 0.923. The van der Waals surface area contributed by atoms with Gasteiger partial charge in [-0.1, -0.05) is 6.07 Å². The van der Waals surface area contributed by atoms with Gasteiger partial charge in [0.25, 0.3) is 0 Å². The van der Waals surface area contributed by atoms with Gasteiger partial charge in [0, 0.05) is 12.8 Å². The summed E-state index contributed by atoms with van der Waals surface area (Å²) in [6.07, 6.45) is 1.15.